The van der Waals surface area contributed by atoms with E-state index in [9.17, 15) is 0 Å². The Morgan fingerprint density at radius 1 is 1.50 bits per heavy atom. The fourth-order valence-electron chi connectivity index (χ4n) is 1.02. The molecule has 0 saturated carbocycles. The minimum atomic E-state index is 0.305. The van der Waals surface area contributed by atoms with Crippen LogP contribution in [0.2, 0.25) is 0 Å². The van der Waals surface area contributed by atoms with Gasteiger partial charge in [-0.2, -0.15) is 0 Å². The Hall–Kier alpha value is -0.970. The number of nitrogens with two attached hydrogens (primary N) is 1. The van der Waals surface area contributed by atoms with Crippen molar-refractivity contribution in [2.75, 3.05) is 0 Å². The summed E-state index contributed by atoms with van der Waals surface area (Å²) < 4.78 is 1.74. The standard InChI is InChI=1S/C7H15N5/c1-7(8)4-2-3-5-12-6-9-10-11-12/h6-7H,2-5,8H2,1H3/t7-/m0/s1. The van der Waals surface area contributed by atoms with Gasteiger partial charge in [0.25, 0.3) is 0 Å². The number of tetrazole rings is 1. The number of unbranched alkanes of at least 4 members (excludes halogenated alkanes) is 1. The number of hydrogen-bond acceptors (Lipinski definition) is 4. The summed E-state index contributed by atoms with van der Waals surface area (Å²) in [5.41, 5.74) is 5.60. The lowest BCUT2D eigenvalue weighted by Crippen LogP contribution is -2.14. The molecule has 0 aromatic carbocycles. The second kappa shape index (κ2) is 4.82. The Bertz CT molecular complexity index is 194. The van der Waals surface area contributed by atoms with Crippen LogP contribution >= 0.6 is 0 Å². The van der Waals surface area contributed by atoms with Crippen molar-refractivity contribution < 1.29 is 0 Å². The zero-order valence-corrected chi connectivity index (χ0v) is 7.35. The first-order valence-electron chi connectivity index (χ1n) is 4.25. The van der Waals surface area contributed by atoms with E-state index < -0.39 is 0 Å². The van der Waals surface area contributed by atoms with Gasteiger partial charge in [0.2, 0.25) is 0 Å². The van der Waals surface area contributed by atoms with E-state index in [4.69, 9.17) is 5.73 Å². The first kappa shape index (κ1) is 9.12. The second-order valence-corrected chi connectivity index (χ2v) is 3.05. The van der Waals surface area contributed by atoms with Crippen LogP contribution in [0.25, 0.3) is 0 Å². The summed E-state index contributed by atoms with van der Waals surface area (Å²) in [6.45, 7) is 2.91. The fourth-order valence-corrected chi connectivity index (χ4v) is 1.02. The predicted molar refractivity (Wildman–Crippen MR) is 45.3 cm³/mol. The fraction of sp³-hybridized carbons (Fsp3) is 0.857. The van der Waals surface area contributed by atoms with Gasteiger partial charge >= 0.3 is 0 Å². The molecule has 0 unspecified atom stereocenters. The van der Waals surface area contributed by atoms with Crippen LogP contribution in [0.5, 0.6) is 0 Å². The molecule has 2 N–H and O–H groups in total. The maximum atomic E-state index is 5.60. The summed E-state index contributed by atoms with van der Waals surface area (Å²) in [6.07, 6.45) is 4.93. The highest BCUT2D eigenvalue weighted by Crippen LogP contribution is 1.99. The molecule has 0 amide bonds. The normalized spacial score (nSPS) is 13.2. The average molecular weight is 169 g/mol. The minimum absolute atomic E-state index is 0.305. The number of rotatable bonds is 5. The van der Waals surface area contributed by atoms with Gasteiger partial charge in [-0.3, -0.25) is 0 Å². The molecule has 0 spiro atoms. The van der Waals surface area contributed by atoms with Crippen molar-refractivity contribution in [1.29, 1.82) is 0 Å². The van der Waals surface area contributed by atoms with E-state index in [0.29, 0.717) is 6.04 Å². The van der Waals surface area contributed by atoms with Crippen molar-refractivity contribution in [2.24, 2.45) is 5.73 Å². The topological polar surface area (TPSA) is 69.6 Å². The van der Waals surface area contributed by atoms with Crippen LogP contribution in [0.3, 0.4) is 0 Å². The Labute approximate surface area is 71.9 Å². The molecule has 0 aliphatic heterocycles. The molecule has 1 aromatic heterocycles. The van der Waals surface area contributed by atoms with Crippen molar-refractivity contribution in [3.05, 3.63) is 6.33 Å². The summed E-state index contributed by atoms with van der Waals surface area (Å²) in [6, 6.07) is 0.305. The first-order valence-corrected chi connectivity index (χ1v) is 4.25. The maximum absolute atomic E-state index is 5.60. The molecular formula is C7H15N5. The van der Waals surface area contributed by atoms with Gasteiger partial charge in [-0.15, -0.1) is 5.10 Å². The van der Waals surface area contributed by atoms with Gasteiger partial charge < -0.3 is 5.73 Å². The molecule has 1 atom stereocenters. The lowest BCUT2D eigenvalue weighted by molar-refractivity contribution is 0.510. The molecule has 0 radical (unpaired) electrons. The van der Waals surface area contributed by atoms with Gasteiger partial charge in [0, 0.05) is 12.6 Å². The molecule has 1 heterocycles. The van der Waals surface area contributed by atoms with Crippen molar-refractivity contribution in [1.82, 2.24) is 20.2 Å². The zero-order chi connectivity index (χ0) is 8.81. The van der Waals surface area contributed by atoms with Crippen molar-refractivity contribution in [3.8, 4) is 0 Å². The molecule has 0 aliphatic carbocycles. The van der Waals surface area contributed by atoms with Crippen LogP contribution < -0.4 is 5.73 Å². The highest BCUT2D eigenvalue weighted by Gasteiger charge is 1.95. The van der Waals surface area contributed by atoms with E-state index in [1.807, 2.05) is 6.92 Å². The van der Waals surface area contributed by atoms with Gasteiger partial charge in [0.15, 0.2) is 0 Å². The van der Waals surface area contributed by atoms with Crippen LogP contribution in [0.1, 0.15) is 26.2 Å². The van der Waals surface area contributed by atoms with E-state index in [-0.39, 0.29) is 0 Å². The third-order valence-electron chi connectivity index (χ3n) is 1.69. The van der Waals surface area contributed by atoms with Gasteiger partial charge in [0.05, 0.1) is 0 Å². The zero-order valence-electron chi connectivity index (χ0n) is 7.35. The van der Waals surface area contributed by atoms with E-state index in [2.05, 4.69) is 15.5 Å². The highest BCUT2D eigenvalue weighted by atomic mass is 15.5. The molecule has 68 valence electrons. The van der Waals surface area contributed by atoms with Crippen molar-refractivity contribution in [2.45, 2.75) is 38.8 Å². The quantitative estimate of drug-likeness (QED) is 0.639. The molecule has 5 heteroatoms. The van der Waals surface area contributed by atoms with Gasteiger partial charge in [-0.1, -0.05) is 6.42 Å². The molecule has 0 aliphatic rings. The van der Waals surface area contributed by atoms with Crippen LogP contribution in [0.4, 0.5) is 0 Å². The molecule has 0 fully saturated rings. The van der Waals surface area contributed by atoms with E-state index in [0.717, 1.165) is 25.8 Å². The largest absolute Gasteiger partial charge is 0.328 e. The number of aromatic nitrogens is 4. The first-order chi connectivity index (χ1) is 5.79. The molecule has 1 aromatic rings. The number of hydrogen-bond donors (Lipinski definition) is 1. The number of aryl methyl sites for hydroxylation is 1. The average Bonchev–Trinajstić information content (AvgIpc) is 2.49. The van der Waals surface area contributed by atoms with Crippen molar-refractivity contribution >= 4 is 0 Å². The molecule has 5 nitrogen and oxygen atoms in total. The Balaban J connectivity index is 2.04. The second-order valence-electron chi connectivity index (χ2n) is 3.05. The third-order valence-corrected chi connectivity index (χ3v) is 1.69. The lowest BCUT2D eigenvalue weighted by Gasteiger charge is -2.03. The van der Waals surface area contributed by atoms with Crippen LogP contribution in [0, 0.1) is 0 Å². The molecule has 12 heavy (non-hydrogen) atoms. The Morgan fingerprint density at radius 2 is 2.33 bits per heavy atom. The van der Waals surface area contributed by atoms with Crippen LogP contribution in [0.15, 0.2) is 6.33 Å². The maximum Gasteiger partial charge on any atom is 0.138 e. The molecule has 1 rings (SSSR count). The molecule has 0 bridgehead atoms. The lowest BCUT2D eigenvalue weighted by atomic mass is 10.1. The molecular weight excluding hydrogens is 154 g/mol. The van der Waals surface area contributed by atoms with Gasteiger partial charge in [-0.05, 0) is 30.2 Å². The Morgan fingerprint density at radius 3 is 2.92 bits per heavy atom. The molecule has 0 saturated heterocycles. The summed E-state index contributed by atoms with van der Waals surface area (Å²) >= 11 is 0. The number of nitrogens with zero attached hydrogens (tertiary/aromatic N) is 4. The summed E-state index contributed by atoms with van der Waals surface area (Å²) in [7, 11) is 0. The summed E-state index contributed by atoms with van der Waals surface area (Å²) in [5.74, 6) is 0. The SMILES string of the molecule is C[C@H](N)CCCCn1cnnn1. The van der Waals surface area contributed by atoms with E-state index in [1.165, 1.54) is 0 Å². The van der Waals surface area contributed by atoms with Crippen molar-refractivity contribution in [3.63, 3.8) is 0 Å². The summed E-state index contributed by atoms with van der Waals surface area (Å²) in [4.78, 5) is 0. The highest BCUT2D eigenvalue weighted by molar-refractivity contribution is 4.54. The van der Waals surface area contributed by atoms with E-state index >= 15 is 0 Å². The van der Waals surface area contributed by atoms with Crippen LogP contribution in [-0.4, -0.2) is 26.2 Å². The smallest absolute Gasteiger partial charge is 0.138 e. The minimum Gasteiger partial charge on any atom is -0.328 e. The Kier molecular flexibility index (Phi) is 3.66. The predicted octanol–water partition coefficient (Wildman–Crippen LogP) is 0.191. The van der Waals surface area contributed by atoms with Gasteiger partial charge in [0.1, 0.15) is 6.33 Å². The van der Waals surface area contributed by atoms with E-state index in [1.54, 1.807) is 11.0 Å². The van der Waals surface area contributed by atoms with Gasteiger partial charge in [-0.25, -0.2) is 4.68 Å². The summed E-state index contributed by atoms with van der Waals surface area (Å²) in [5, 5.41) is 10.8. The monoisotopic (exact) mass is 169 g/mol. The third kappa shape index (κ3) is 3.43. The van der Waals surface area contributed by atoms with Crippen LogP contribution in [-0.2, 0) is 6.54 Å².